The Kier molecular flexibility index (Phi) is 5.77. The maximum Gasteiger partial charge on any atom is 0.256 e. The number of halogens is 4. The summed E-state index contributed by atoms with van der Waals surface area (Å²) in [5, 5.41) is 1.36. The molecule has 0 fully saturated rings. The van der Waals surface area contributed by atoms with E-state index in [1.165, 1.54) is 18.2 Å². The van der Waals surface area contributed by atoms with Gasteiger partial charge < -0.3 is 9.64 Å². The first-order valence-corrected chi connectivity index (χ1v) is 11.6. The molecule has 4 aromatic rings. The predicted octanol–water partition coefficient (Wildman–Crippen LogP) is 7.20. The quantitative estimate of drug-likeness (QED) is 0.272. The van der Waals surface area contributed by atoms with Gasteiger partial charge in [-0.2, -0.15) is 0 Å². The fourth-order valence-corrected chi connectivity index (χ4v) is 5.41. The molecule has 0 aliphatic carbocycles. The number of carbonyl (C=O) groups is 1. The van der Waals surface area contributed by atoms with Gasteiger partial charge in [-0.05, 0) is 48.0 Å². The van der Waals surface area contributed by atoms with E-state index in [9.17, 15) is 9.18 Å². The summed E-state index contributed by atoms with van der Waals surface area (Å²) in [5.74, 6) is 0.0507. The highest BCUT2D eigenvalue weighted by atomic mass is 79.9. The molecule has 1 atom stereocenters. The van der Waals surface area contributed by atoms with Gasteiger partial charge in [-0.25, -0.2) is 4.39 Å². The molecule has 3 aromatic carbocycles. The van der Waals surface area contributed by atoms with Crippen LogP contribution in [0.3, 0.4) is 0 Å². The van der Waals surface area contributed by atoms with Crippen molar-refractivity contribution in [2.24, 2.45) is 0 Å². The summed E-state index contributed by atoms with van der Waals surface area (Å²) in [6.45, 7) is 0.279. The molecular formula is C25H16BrCl2FN2O2. The van der Waals surface area contributed by atoms with Gasteiger partial charge >= 0.3 is 0 Å². The van der Waals surface area contributed by atoms with E-state index in [1.807, 2.05) is 30.3 Å². The molecule has 2 heterocycles. The lowest BCUT2D eigenvalue weighted by molar-refractivity contribution is 0.0737. The van der Waals surface area contributed by atoms with Crippen molar-refractivity contribution in [2.45, 2.75) is 12.6 Å². The number of nitrogens with zero attached hydrogens (tertiary/aromatic N) is 2. The molecule has 166 valence electrons. The highest BCUT2D eigenvalue weighted by Crippen LogP contribution is 2.48. The molecule has 1 aromatic heterocycles. The van der Waals surface area contributed by atoms with Gasteiger partial charge in [-0.1, -0.05) is 51.3 Å². The summed E-state index contributed by atoms with van der Waals surface area (Å²) >= 11 is 16.7. The third-order valence-corrected chi connectivity index (χ3v) is 7.11. The van der Waals surface area contributed by atoms with Crippen LogP contribution in [0.1, 0.15) is 33.1 Å². The lowest BCUT2D eigenvalue weighted by atomic mass is 9.95. The summed E-state index contributed by atoms with van der Waals surface area (Å²) in [4.78, 5) is 19.9. The van der Waals surface area contributed by atoms with Crippen LogP contribution < -0.4 is 4.74 Å². The van der Waals surface area contributed by atoms with Crippen LogP contribution in [0.5, 0.6) is 5.75 Å². The highest BCUT2D eigenvalue weighted by Gasteiger charge is 2.42. The van der Waals surface area contributed by atoms with Crippen molar-refractivity contribution in [1.82, 2.24) is 9.88 Å². The van der Waals surface area contributed by atoms with Crippen molar-refractivity contribution >= 4 is 55.9 Å². The largest absolute Gasteiger partial charge is 0.497 e. The van der Waals surface area contributed by atoms with Crippen LogP contribution in [0.4, 0.5) is 4.39 Å². The number of carbonyl (C=O) groups excluding carboxylic acids is 1. The second kappa shape index (κ2) is 8.60. The zero-order chi connectivity index (χ0) is 23.3. The molecule has 0 saturated heterocycles. The van der Waals surface area contributed by atoms with E-state index in [0.717, 1.165) is 5.56 Å². The second-order valence-corrected chi connectivity index (χ2v) is 9.35. The number of ether oxygens (including phenoxy) is 1. The molecule has 0 spiro atoms. The molecular weight excluding hydrogens is 530 g/mol. The minimum absolute atomic E-state index is 0.229. The Morgan fingerprint density at radius 1 is 1.09 bits per heavy atom. The molecule has 5 rings (SSSR count). The lowest BCUT2D eigenvalue weighted by Crippen LogP contribution is -2.28. The Morgan fingerprint density at radius 2 is 1.85 bits per heavy atom. The molecule has 0 N–H and O–H groups in total. The van der Waals surface area contributed by atoms with Crippen molar-refractivity contribution in [3.8, 4) is 5.75 Å². The van der Waals surface area contributed by atoms with Gasteiger partial charge in [0.1, 0.15) is 11.6 Å². The number of rotatable bonds is 4. The molecule has 0 radical (unpaired) electrons. The van der Waals surface area contributed by atoms with Crippen molar-refractivity contribution in [2.75, 3.05) is 7.11 Å². The van der Waals surface area contributed by atoms with Crippen molar-refractivity contribution in [1.29, 1.82) is 0 Å². The molecule has 8 heteroatoms. The maximum absolute atomic E-state index is 14.3. The van der Waals surface area contributed by atoms with E-state index in [4.69, 9.17) is 27.9 Å². The Labute approximate surface area is 208 Å². The van der Waals surface area contributed by atoms with E-state index in [-0.39, 0.29) is 12.5 Å². The molecule has 0 saturated carbocycles. The molecule has 1 aliphatic rings. The minimum atomic E-state index is -0.618. The van der Waals surface area contributed by atoms with E-state index >= 15 is 0 Å². The Bertz CT molecular complexity index is 1410. The standard InChI is InChI=1S/C25H16BrCl2FN2O2/c1-33-15-5-2-13(3-6-15)12-31-24(16-10-14(29)4-7-18(16)27)21-17(26)11-20-22(23(21)25(31)32)19(28)8-9-30-20/h2-11,24H,12H2,1H3. The molecule has 0 bridgehead atoms. The number of aromatic nitrogens is 1. The van der Waals surface area contributed by atoms with E-state index in [1.54, 1.807) is 24.3 Å². The molecule has 1 unspecified atom stereocenters. The van der Waals surface area contributed by atoms with Gasteiger partial charge in [0.05, 0.1) is 29.3 Å². The van der Waals surface area contributed by atoms with E-state index in [0.29, 0.717) is 47.9 Å². The summed E-state index contributed by atoms with van der Waals surface area (Å²) in [6, 6.07) is 14.5. The summed E-state index contributed by atoms with van der Waals surface area (Å²) < 4.78 is 20.2. The monoisotopic (exact) mass is 544 g/mol. The average Bonchev–Trinajstić information content (AvgIpc) is 3.09. The third-order valence-electron chi connectivity index (χ3n) is 5.79. The number of benzene rings is 3. The van der Waals surface area contributed by atoms with Gasteiger partial charge in [-0.15, -0.1) is 0 Å². The molecule has 1 amide bonds. The SMILES string of the molecule is COc1ccc(CN2C(=O)c3c(c(Br)cc4nccc(Cl)c34)C2c2cc(F)ccc2Cl)cc1. The van der Waals surface area contributed by atoms with Crippen molar-refractivity contribution < 1.29 is 13.9 Å². The van der Waals surface area contributed by atoms with E-state index in [2.05, 4.69) is 20.9 Å². The number of methoxy groups -OCH3 is 1. The zero-order valence-electron chi connectivity index (χ0n) is 17.3. The number of hydrogen-bond acceptors (Lipinski definition) is 3. The van der Waals surface area contributed by atoms with Crippen LogP contribution in [0, 0.1) is 5.82 Å². The summed E-state index contributed by atoms with van der Waals surface area (Å²) in [7, 11) is 1.60. The number of pyridine rings is 1. The van der Waals surface area contributed by atoms with Crippen LogP contribution in [-0.2, 0) is 6.54 Å². The average molecular weight is 546 g/mol. The van der Waals surface area contributed by atoms with Crippen molar-refractivity contribution in [3.05, 3.63) is 103 Å². The topological polar surface area (TPSA) is 42.4 Å². The van der Waals surface area contributed by atoms with Crippen LogP contribution in [0.25, 0.3) is 10.9 Å². The number of hydrogen-bond donors (Lipinski definition) is 0. The fraction of sp³-hybridized carbons (Fsp3) is 0.120. The van der Waals surface area contributed by atoms with Crippen LogP contribution >= 0.6 is 39.1 Å². The third kappa shape index (κ3) is 3.76. The second-order valence-electron chi connectivity index (χ2n) is 7.68. The normalized spacial score (nSPS) is 15.2. The minimum Gasteiger partial charge on any atom is -0.497 e. The highest BCUT2D eigenvalue weighted by molar-refractivity contribution is 9.10. The first kappa shape index (κ1) is 22.1. The lowest BCUT2D eigenvalue weighted by Gasteiger charge is -2.27. The first-order valence-electron chi connectivity index (χ1n) is 10.0. The fourth-order valence-electron chi connectivity index (χ4n) is 4.31. The van der Waals surface area contributed by atoms with Gasteiger partial charge in [0.15, 0.2) is 0 Å². The maximum atomic E-state index is 14.3. The molecule has 33 heavy (non-hydrogen) atoms. The van der Waals surface area contributed by atoms with Crippen LogP contribution in [0.2, 0.25) is 10.0 Å². The predicted molar refractivity (Wildman–Crippen MR) is 131 cm³/mol. The molecule has 1 aliphatic heterocycles. The van der Waals surface area contributed by atoms with Gasteiger partial charge in [-0.3, -0.25) is 9.78 Å². The van der Waals surface area contributed by atoms with Gasteiger partial charge in [0.2, 0.25) is 0 Å². The summed E-state index contributed by atoms with van der Waals surface area (Å²) in [6.07, 6.45) is 1.60. The Hall–Kier alpha value is -2.67. The molecule has 4 nitrogen and oxygen atoms in total. The van der Waals surface area contributed by atoms with Crippen LogP contribution in [-0.4, -0.2) is 22.9 Å². The first-order chi connectivity index (χ1) is 15.9. The number of fused-ring (bicyclic) bond motifs is 3. The van der Waals surface area contributed by atoms with Crippen LogP contribution in [0.15, 0.2) is 65.3 Å². The smallest absolute Gasteiger partial charge is 0.256 e. The summed E-state index contributed by atoms with van der Waals surface area (Å²) in [5.41, 5.74) is 3.10. The Morgan fingerprint density at radius 3 is 2.58 bits per heavy atom. The van der Waals surface area contributed by atoms with Crippen molar-refractivity contribution in [3.63, 3.8) is 0 Å². The Balaban J connectivity index is 1.75. The zero-order valence-corrected chi connectivity index (χ0v) is 20.4. The van der Waals surface area contributed by atoms with E-state index < -0.39 is 11.9 Å². The van der Waals surface area contributed by atoms with Gasteiger partial charge in [0, 0.05) is 38.8 Å². The number of amides is 1. The van der Waals surface area contributed by atoms with Gasteiger partial charge in [0.25, 0.3) is 5.91 Å².